The van der Waals surface area contributed by atoms with Crippen molar-refractivity contribution in [2.75, 3.05) is 35.8 Å². The molecule has 3 aromatic carbocycles. The third-order valence-electron chi connectivity index (χ3n) is 5.79. The predicted octanol–water partition coefficient (Wildman–Crippen LogP) is 3.93. The Balaban J connectivity index is 1.48. The van der Waals surface area contributed by atoms with Crippen LogP contribution >= 0.6 is 0 Å². The summed E-state index contributed by atoms with van der Waals surface area (Å²) in [5.74, 6) is -2.50. The van der Waals surface area contributed by atoms with E-state index in [1.54, 1.807) is 29.2 Å². The van der Waals surface area contributed by atoms with E-state index < -0.39 is 26.6 Å². The lowest BCUT2D eigenvalue weighted by Gasteiger charge is -2.36. The Hall–Kier alpha value is -3.79. The quantitative estimate of drug-likeness (QED) is 0.520. The van der Waals surface area contributed by atoms with Crippen molar-refractivity contribution in [2.45, 2.75) is 11.8 Å². The van der Waals surface area contributed by atoms with Gasteiger partial charge in [-0.2, -0.15) is 0 Å². The molecule has 0 saturated carbocycles. The third kappa shape index (κ3) is 5.32. The van der Waals surface area contributed by atoms with Gasteiger partial charge >= 0.3 is 0 Å². The molecule has 3 aromatic rings. The van der Waals surface area contributed by atoms with Gasteiger partial charge in [0.2, 0.25) is 0 Å². The maximum atomic E-state index is 14.1. The van der Waals surface area contributed by atoms with Crippen LogP contribution in [0, 0.1) is 11.6 Å². The number of anilines is 2. The van der Waals surface area contributed by atoms with Crippen LogP contribution in [0.1, 0.15) is 27.6 Å². The van der Waals surface area contributed by atoms with Crippen molar-refractivity contribution in [3.05, 3.63) is 89.5 Å². The zero-order valence-corrected chi connectivity index (χ0v) is 19.7. The second-order valence-corrected chi connectivity index (χ2v) is 9.76. The highest BCUT2D eigenvalue weighted by molar-refractivity contribution is 7.92. The van der Waals surface area contributed by atoms with Crippen molar-refractivity contribution in [1.82, 2.24) is 4.90 Å². The van der Waals surface area contributed by atoms with E-state index in [1.807, 2.05) is 12.1 Å². The number of halogens is 2. The number of sulfonamides is 1. The lowest BCUT2D eigenvalue weighted by Crippen LogP contribution is -2.49. The standard InChI is InChI=1S/C25H23F2N3O4S/c1-17(31)18-6-9-20(10-7-18)29-12-14-30(15-13-29)25(32)21-4-2-3-5-23(21)28-35(33,34)24-11-8-19(26)16-22(24)27/h2-11,16,28H,12-15H2,1H3. The number of amides is 1. The molecule has 1 aliphatic heterocycles. The molecule has 0 unspecified atom stereocenters. The van der Waals surface area contributed by atoms with E-state index in [1.165, 1.54) is 19.1 Å². The van der Waals surface area contributed by atoms with Gasteiger partial charge in [0, 0.05) is 43.5 Å². The van der Waals surface area contributed by atoms with Gasteiger partial charge in [-0.15, -0.1) is 0 Å². The van der Waals surface area contributed by atoms with Crippen LogP contribution in [0.5, 0.6) is 0 Å². The molecule has 35 heavy (non-hydrogen) atoms. The van der Waals surface area contributed by atoms with Gasteiger partial charge in [0.05, 0.1) is 11.3 Å². The number of carbonyl (C=O) groups excluding carboxylic acids is 2. The molecule has 0 aliphatic carbocycles. The van der Waals surface area contributed by atoms with E-state index in [9.17, 15) is 26.8 Å². The van der Waals surface area contributed by atoms with Crippen LogP contribution in [0.25, 0.3) is 0 Å². The fraction of sp³-hybridized carbons (Fsp3) is 0.200. The predicted molar refractivity (Wildman–Crippen MR) is 128 cm³/mol. The number of hydrogen-bond donors (Lipinski definition) is 1. The summed E-state index contributed by atoms with van der Waals surface area (Å²) in [5, 5.41) is 0. The number of carbonyl (C=O) groups is 2. The largest absolute Gasteiger partial charge is 0.368 e. The number of rotatable bonds is 6. The van der Waals surface area contributed by atoms with Gasteiger partial charge < -0.3 is 9.80 Å². The monoisotopic (exact) mass is 499 g/mol. The van der Waals surface area contributed by atoms with Crippen molar-refractivity contribution < 1.29 is 26.8 Å². The summed E-state index contributed by atoms with van der Waals surface area (Å²) < 4.78 is 55.0. The summed E-state index contributed by atoms with van der Waals surface area (Å²) in [6, 6.07) is 15.5. The number of nitrogens with zero attached hydrogens (tertiary/aromatic N) is 2. The topological polar surface area (TPSA) is 86.8 Å². The summed E-state index contributed by atoms with van der Waals surface area (Å²) in [7, 11) is -4.40. The average molecular weight is 500 g/mol. The average Bonchev–Trinajstić information content (AvgIpc) is 2.83. The van der Waals surface area contributed by atoms with Gasteiger partial charge in [0.1, 0.15) is 16.5 Å². The molecule has 10 heteroatoms. The van der Waals surface area contributed by atoms with Crippen molar-refractivity contribution in [3.8, 4) is 0 Å². The van der Waals surface area contributed by atoms with Gasteiger partial charge in [-0.25, -0.2) is 17.2 Å². The van der Waals surface area contributed by atoms with Crippen molar-refractivity contribution in [2.24, 2.45) is 0 Å². The van der Waals surface area contributed by atoms with E-state index in [0.717, 1.165) is 17.8 Å². The van der Waals surface area contributed by atoms with Gasteiger partial charge in [-0.05, 0) is 55.5 Å². The Morgan fingerprint density at radius 1 is 0.886 bits per heavy atom. The molecule has 0 bridgehead atoms. The van der Waals surface area contributed by atoms with E-state index in [4.69, 9.17) is 0 Å². The molecule has 0 atom stereocenters. The first kappa shape index (κ1) is 24.3. The van der Waals surface area contributed by atoms with Crippen LogP contribution in [0.4, 0.5) is 20.2 Å². The van der Waals surface area contributed by atoms with Crippen molar-refractivity contribution in [1.29, 1.82) is 0 Å². The first-order valence-corrected chi connectivity index (χ1v) is 12.4. The Labute approximate surface area is 202 Å². The smallest absolute Gasteiger partial charge is 0.264 e. The summed E-state index contributed by atoms with van der Waals surface area (Å²) >= 11 is 0. The number of hydrogen-bond acceptors (Lipinski definition) is 5. The lowest BCUT2D eigenvalue weighted by atomic mass is 10.1. The Morgan fingerprint density at radius 3 is 2.17 bits per heavy atom. The second kappa shape index (κ2) is 9.83. The van der Waals surface area contributed by atoms with Crippen LogP contribution < -0.4 is 9.62 Å². The molecule has 0 radical (unpaired) electrons. The molecule has 4 rings (SSSR count). The maximum absolute atomic E-state index is 14.1. The lowest BCUT2D eigenvalue weighted by molar-refractivity contribution is 0.0747. The van der Waals surface area contributed by atoms with E-state index in [0.29, 0.717) is 37.8 Å². The van der Waals surface area contributed by atoms with Gasteiger partial charge in [-0.1, -0.05) is 12.1 Å². The molecule has 1 saturated heterocycles. The molecule has 1 fully saturated rings. The SMILES string of the molecule is CC(=O)c1ccc(N2CCN(C(=O)c3ccccc3NS(=O)(=O)c3ccc(F)cc3F)CC2)cc1. The Kier molecular flexibility index (Phi) is 6.83. The molecule has 1 amide bonds. The minimum absolute atomic E-state index is 0.00322. The van der Waals surface area contributed by atoms with Gasteiger partial charge in [-0.3, -0.25) is 14.3 Å². The normalized spacial score (nSPS) is 14.0. The summed E-state index contributed by atoms with van der Waals surface area (Å²) in [6.45, 7) is 3.43. The van der Waals surface area contributed by atoms with E-state index in [-0.39, 0.29) is 22.9 Å². The molecule has 182 valence electrons. The number of nitrogens with one attached hydrogen (secondary N) is 1. The number of para-hydroxylation sites is 1. The van der Waals surface area contributed by atoms with Crippen LogP contribution in [-0.2, 0) is 10.0 Å². The maximum Gasteiger partial charge on any atom is 0.264 e. The molecular formula is C25H23F2N3O4S. The number of benzene rings is 3. The highest BCUT2D eigenvalue weighted by Crippen LogP contribution is 2.25. The highest BCUT2D eigenvalue weighted by Gasteiger charge is 2.26. The summed E-state index contributed by atoms with van der Waals surface area (Å²) in [4.78, 5) is 27.7. The first-order valence-electron chi connectivity index (χ1n) is 10.9. The van der Waals surface area contributed by atoms with Gasteiger partial charge in [0.15, 0.2) is 5.78 Å². The molecular weight excluding hydrogens is 476 g/mol. The molecule has 1 N–H and O–H groups in total. The number of Topliss-reactive ketones (excluding diaryl/α,β-unsaturated/α-hetero) is 1. The van der Waals surface area contributed by atoms with Crippen LogP contribution in [0.15, 0.2) is 71.6 Å². The minimum atomic E-state index is -4.40. The Bertz CT molecular complexity index is 1370. The molecule has 0 aromatic heterocycles. The Morgan fingerprint density at radius 2 is 1.54 bits per heavy atom. The number of ketones is 1. The van der Waals surface area contributed by atoms with Gasteiger partial charge in [0.25, 0.3) is 15.9 Å². The molecule has 7 nitrogen and oxygen atoms in total. The summed E-state index contributed by atoms with van der Waals surface area (Å²) in [5.41, 5.74) is 1.69. The van der Waals surface area contributed by atoms with Crippen LogP contribution in [0.3, 0.4) is 0 Å². The zero-order chi connectivity index (χ0) is 25.2. The molecule has 1 heterocycles. The van der Waals surface area contributed by atoms with Crippen LogP contribution in [-0.4, -0.2) is 51.2 Å². The van der Waals surface area contributed by atoms with Crippen molar-refractivity contribution >= 4 is 33.1 Å². The minimum Gasteiger partial charge on any atom is -0.368 e. The highest BCUT2D eigenvalue weighted by atomic mass is 32.2. The van der Waals surface area contributed by atoms with E-state index >= 15 is 0 Å². The van der Waals surface area contributed by atoms with E-state index in [2.05, 4.69) is 9.62 Å². The third-order valence-corrected chi connectivity index (χ3v) is 7.19. The van der Waals surface area contributed by atoms with Crippen molar-refractivity contribution in [3.63, 3.8) is 0 Å². The fourth-order valence-corrected chi connectivity index (χ4v) is 5.04. The first-order chi connectivity index (χ1) is 16.7. The summed E-state index contributed by atoms with van der Waals surface area (Å²) in [6.07, 6.45) is 0. The number of piperazine rings is 1. The molecule has 1 aliphatic rings. The molecule has 0 spiro atoms. The zero-order valence-electron chi connectivity index (χ0n) is 18.9. The second-order valence-electron chi connectivity index (χ2n) is 8.11. The van der Waals surface area contributed by atoms with Crippen LogP contribution in [0.2, 0.25) is 0 Å². The fourth-order valence-electron chi connectivity index (χ4n) is 3.90.